The van der Waals surface area contributed by atoms with Gasteiger partial charge in [0.15, 0.2) is 0 Å². The van der Waals surface area contributed by atoms with E-state index in [0.717, 1.165) is 23.6 Å². The van der Waals surface area contributed by atoms with Crippen molar-refractivity contribution in [2.75, 3.05) is 5.32 Å². The second-order valence-electron chi connectivity index (χ2n) is 5.08. The average molecular weight is 299 g/mol. The van der Waals surface area contributed by atoms with E-state index < -0.39 is 0 Å². The number of anilines is 1. The van der Waals surface area contributed by atoms with Gasteiger partial charge in [0, 0.05) is 17.0 Å². The van der Waals surface area contributed by atoms with E-state index in [1.165, 1.54) is 5.01 Å². The molecule has 0 fully saturated rings. The smallest absolute Gasteiger partial charge is 0.0954 e. The third-order valence-electron chi connectivity index (χ3n) is 3.09. The van der Waals surface area contributed by atoms with E-state index in [1.54, 1.807) is 22.2 Å². The molecule has 0 aliphatic rings. The zero-order valence-electron chi connectivity index (χ0n) is 12.0. The van der Waals surface area contributed by atoms with Crippen LogP contribution in [0.4, 0.5) is 5.69 Å². The lowest BCUT2D eigenvalue weighted by molar-refractivity contribution is 0.803. The summed E-state index contributed by atoms with van der Waals surface area (Å²) in [5.74, 6) is 0.491. The van der Waals surface area contributed by atoms with Gasteiger partial charge >= 0.3 is 0 Å². The van der Waals surface area contributed by atoms with Crippen molar-refractivity contribution in [2.45, 2.75) is 26.3 Å². The molecule has 5 nitrogen and oxygen atoms in total. The summed E-state index contributed by atoms with van der Waals surface area (Å²) >= 11 is 1.72. The van der Waals surface area contributed by atoms with Gasteiger partial charge in [-0.3, -0.25) is 0 Å². The fraction of sp³-hybridized carbons (Fsp3) is 0.267. The first kappa shape index (κ1) is 13.8. The molecule has 3 rings (SSSR count). The zero-order chi connectivity index (χ0) is 14.7. The zero-order valence-corrected chi connectivity index (χ0v) is 12.8. The first-order valence-corrected chi connectivity index (χ1v) is 7.75. The highest BCUT2D eigenvalue weighted by Crippen LogP contribution is 2.20. The molecule has 1 N–H and O–H groups in total. The fourth-order valence-corrected chi connectivity index (χ4v) is 2.77. The van der Waals surface area contributed by atoms with E-state index in [2.05, 4.69) is 39.8 Å². The minimum atomic E-state index is 0.491. The highest BCUT2D eigenvalue weighted by molar-refractivity contribution is 7.09. The van der Waals surface area contributed by atoms with Gasteiger partial charge in [0.25, 0.3) is 0 Å². The molecular formula is C15H17N5S. The lowest BCUT2D eigenvalue weighted by Gasteiger charge is -2.06. The Morgan fingerprint density at radius 3 is 2.67 bits per heavy atom. The Bertz CT molecular complexity index is 685. The molecule has 0 atom stereocenters. The molecule has 6 heteroatoms. The van der Waals surface area contributed by atoms with E-state index in [1.807, 2.05) is 30.5 Å². The molecule has 1 aromatic carbocycles. The molecule has 0 saturated carbocycles. The van der Waals surface area contributed by atoms with Crippen molar-refractivity contribution in [2.24, 2.45) is 0 Å². The SMILES string of the molecule is CC(C)c1nc(CNc2ccc(-n3ccnn3)cc2)cs1. The van der Waals surface area contributed by atoms with E-state index in [4.69, 9.17) is 0 Å². The second kappa shape index (κ2) is 6.05. The molecule has 3 aromatic rings. The summed E-state index contributed by atoms with van der Waals surface area (Å²) in [5.41, 5.74) is 3.15. The van der Waals surface area contributed by atoms with Crippen molar-refractivity contribution in [3.05, 3.63) is 52.7 Å². The molecule has 21 heavy (non-hydrogen) atoms. The van der Waals surface area contributed by atoms with Crippen LogP contribution in [0.3, 0.4) is 0 Å². The third kappa shape index (κ3) is 3.28. The Hall–Kier alpha value is -2.21. The highest BCUT2D eigenvalue weighted by atomic mass is 32.1. The van der Waals surface area contributed by atoms with Gasteiger partial charge < -0.3 is 5.32 Å². The summed E-state index contributed by atoms with van der Waals surface area (Å²) in [5, 5.41) is 14.5. The van der Waals surface area contributed by atoms with Gasteiger partial charge in [0.05, 0.1) is 35.3 Å². The van der Waals surface area contributed by atoms with Crippen LogP contribution in [0.25, 0.3) is 5.69 Å². The maximum Gasteiger partial charge on any atom is 0.0954 e. The predicted octanol–water partition coefficient (Wildman–Crippen LogP) is 3.46. The number of hydrogen-bond acceptors (Lipinski definition) is 5. The molecule has 0 aliphatic carbocycles. The summed E-state index contributed by atoms with van der Waals surface area (Å²) in [7, 11) is 0. The molecule has 0 unspecified atom stereocenters. The highest BCUT2D eigenvalue weighted by Gasteiger charge is 2.05. The topological polar surface area (TPSA) is 55.6 Å². The third-order valence-corrected chi connectivity index (χ3v) is 4.29. The molecule has 0 amide bonds. The second-order valence-corrected chi connectivity index (χ2v) is 5.97. The minimum Gasteiger partial charge on any atom is -0.379 e. The molecule has 2 heterocycles. The van der Waals surface area contributed by atoms with Crippen LogP contribution in [-0.2, 0) is 6.54 Å². The average Bonchev–Trinajstić information content (AvgIpc) is 3.17. The number of aromatic nitrogens is 4. The van der Waals surface area contributed by atoms with E-state index in [-0.39, 0.29) is 0 Å². The van der Waals surface area contributed by atoms with Crippen LogP contribution < -0.4 is 5.32 Å². The van der Waals surface area contributed by atoms with Crippen LogP contribution in [0.1, 0.15) is 30.5 Å². The quantitative estimate of drug-likeness (QED) is 0.784. The fourth-order valence-electron chi connectivity index (χ4n) is 1.94. The molecule has 0 saturated heterocycles. The van der Waals surface area contributed by atoms with Crippen molar-refractivity contribution in [3.8, 4) is 5.69 Å². The number of nitrogens with zero attached hydrogens (tertiary/aromatic N) is 4. The van der Waals surface area contributed by atoms with Gasteiger partial charge in [0.2, 0.25) is 0 Å². The normalized spacial score (nSPS) is 11.0. The van der Waals surface area contributed by atoms with Crippen molar-refractivity contribution in [1.29, 1.82) is 0 Å². The predicted molar refractivity (Wildman–Crippen MR) is 84.9 cm³/mol. The molecule has 0 bridgehead atoms. The summed E-state index contributed by atoms with van der Waals surface area (Å²) in [4.78, 5) is 4.62. The summed E-state index contributed by atoms with van der Waals surface area (Å²) in [6, 6.07) is 8.09. The number of nitrogens with one attached hydrogen (secondary N) is 1. The monoisotopic (exact) mass is 299 g/mol. The molecule has 0 spiro atoms. The van der Waals surface area contributed by atoms with Crippen molar-refractivity contribution in [3.63, 3.8) is 0 Å². The number of benzene rings is 1. The maximum absolute atomic E-state index is 4.62. The minimum absolute atomic E-state index is 0.491. The first-order valence-electron chi connectivity index (χ1n) is 6.87. The molecular weight excluding hydrogens is 282 g/mol. The van der Waals surface area contributed by atoms with Crippen LogP contribution in [0.2, 0.25) is 0 Å². The summed E-state index contributed by atoms with van der Waals surface area (Å²) < 4.78 is 1.74. The van der Waals surface area contributed by atoms with Crippen LogP contribution in [0.5, 0.6) is 0 Å². The lowest BCUT2D eigenvalue weighted by atomic mass is 10.2. The summed E-state index contributed by atoms with van der Waals surface area (Å²) in [6.07, 6.45) is 3.49. The number of thiazole rings is 1. The van der Waals surface area contributed by atoms with Gasteiger partial charge in [-0.1, -0.05) is 19.1 Å². The van der Waals surface area contributed by atoms with E-state index in [9.17, 15) is 0 Å². The van der Waals surface area contributed by atoms with Crippen molar-refractivity contribution < 1.29 is 0 Å². The van der Waals surface area contributed by atoms with Gasteiger partial charge in [-0.2, -0.15) is 0 Å². The van der Waals surface area contributed by atoms with Gasteiger partial charge in [-0.15, -0.1) is 16.4 Å². The van der Waals surface area contributed by atoms with Gasteiger partial charge in [-0.05, 0) is 24.3 Å². The molecule has 2 aromatic heterocycles. The largest absolute Gasteiger partial charge is 0.379 e. The van der Waals surface area contributed by atoms with Crippen molar-refractivity contribution in [1.82, 2.24) is 20.0 Å². The Morgan fingerprint density at radius 2 is 2.05 bits per heavy atom. The summed E-state index contributed by atoms with van der Waals surface area (Å²) in [6.45, 7) is 5.07. The lowest BCUT2D eigenvalue weighted by Crippen LogP contribution is -2.01. The van der Waals surface area contributed by atoms with Crippen LogP contribution in [-0.4, -0.2) is 20.0 Å². The standard InChI is InChI=1S/C15H17N5S/c1-11(2)15-18-13(10-21-15)9-16-12-3-5-14(6-4-12)20-8-7-17-19-20/h3-8,10-11,16H,9H2,1-2H3. The Morgan fingerprint density at radius 1 is 1.24 bits per heavy atom. The van der Waals surface area contributed by atoms with Gasteiger partial charge in [-0.25, -0.2) is 9.67 Å². The maximum atomic E-state index is 4.62. The van der Waals surface area contributed by atoms with Gasteiger partial charge in [0.1, 0.15) is 0 Å². The molecule has 0 radical (unpaired) electrons. The van der Waals surface area contributed by atoms with E-state index >= 15 is 0 Å². The number of hydrogen-bond donors (Lipinski definition) is 1. The van der Waals surface area contributed by atoms with Crippen LogP contribution >= 0.6 is 11.3 Å². The Kier molecular flexibility index (Phi) is 3.96. The van der Waals surface area contributed by atoms with Crippen LogP contribution in [0.15, 0.2) is 42.0 Å². The Balaban J connectivity index is 1.62. The first-order chi connectivity index (χ1) is 10.2. The molecule has 0 aliphatic heterocycles. The number of rotatable bonds is 5. The van der Waals surface area contributed by atoms with E-state index in [0.29, 0.717) is 5.92 Å². The van der Waals surface area contributed by atoms with Crippen molar-refractivity contribution >= 4 is 17.0 Å². The molecule has 108 valence electrons. The Labute approximate surface area is 127 Å². The van der Waals surface area contributed by atoms with Crippen LogP contribution in [0, 0.1) is 0 Å².